The molecule has 1 unspecified atom stereocenters. The van der Waals surface area contributed by atoms with Crippen LogP contribution >= 0.6 is 0 Å². The van der Waals surface area contributed by atoms with E-state index in [9.17, 15) is 4.79 Å². The quantitative estimate of drug-likeness (QED) is 0.766. The van der Waals surface area contributed by atoms with Gasteiger partial charge in [0.1, 0.15) is 0 Å². The van der Waals surface area contributed by atoms with Gasteiger partial charge in [-0.3, -0.25) is 4.79 Å². The minimum atomic E-state index is -0.172. The molecule has 0 heterocycles. The normalized spacial score (nSPS) is 12.2. The van der Waals surface area contributed by atoms with E-state index < -0.39 is 0 Å². The summed E-state index contributed by atoms with van der Waals surface area (Å²) >= 11 is 0. The summed E-state index contributed by atoms with van der Waals surface area (Å²) < 4.78 is 4.68. The van der Waals surface area contributed by atoms with E-state index in [4.69, 9.17) is 0 Å². The molecule has 0 aliphatic heterocycles. The van der Waals surface area contributed by atoms with Crippen LogP contribution in [0.25, 0.3) is 0 Å². The van der Waals surface area contributed by atoms with Gasteiger partial charge in [-0.25, -0.2) is 0 Å². The van der Waals surface area contributed by atoms with E-state index in [-0.39, 0.29) is 12.0 Å². The summed E-state index contributed by atoms with van der Waals surface area (Å²) in [5.74, 6) is -0.172. The van der Waals surface area contributed by atoms with Crippen molar-refractivity contribution < 1.29 is 9.53 Å². The van der Waals surface area contributed by atoms with Gasteiger partial charge in [-0.05, 0) is 31.0 Å². The van der Waals surface area contributed by atoms with Crippen molar-refractivity contribution in [3.05, 3.63) is 35.4 Å². The van der Waals surface area contributed by atoms with Crippen molar-refractivity contribution in [2.45, 2.75) is 32.2 Å². The van der Waals surface area contributed by atoms with Crippen LogP contribution in [0.1, 0.15) is 24.5 Å². The van der Waals surface area contributed by atoms with E-state index in [0.29, 0.717) is 6.42 Å². The highest BCUT2D eigenvalue weighted by atomic mass is 16.5. The average Bonchev–Trinajstić information content (AvgIpc) is 2.38. The van der Waals surface area contributed by atoms with E-state index in [1.54, 1.807) is 0 Å². The van der Waals surface area contributed by atoms with E-state index in [2.05, 4.69) is 41.2 Å². The number of hydrogen-bond acceptors (Lipinski definition) is 3. The molecule has 1 N–H and O–H groups in total. The largest absolute Gasteiger partial charge is 0.469 e. The molecule has 1 aromatic rings. The summed E-state index contributed by atoms with van der Waals surface area (Å²) in [6.45, 7) is 2.14. The van der Waals surface area contributed by atoms with E-state index in [1.807, 2.05) is 7.05 Å². The van der Waals surface area contributed by atoms with Gasteiger partial charge < -0.3 is 10.1 Å². The van der Waals surface area contributed by atoms with E-state index in [1.165, 1.54) is 18.2 Å². The summed E-state index contributed by atoms with van der Waals surface area (Å²) in [6.07, 6.45) is 2.30. The molecule has 0 saturated heterocycles. The van der Waals surface area contributed by atoms with E-state index in [0.717, 1.165) is 12.8 Å². The number of carbonyl (C=O) groups excluding carboxylic acids is 1. The topological polar surface area (TPSA) is 38.3 Å². The third-order valence-corrected chi connectivity index (χ3v) is 2.96. The van der Waals surface area contributed by atoms with Crippen LogP contribution in [0.3, 0.4) is 0 Å². The first kappa shape index (κ1) is 13.7. The monoisotopic (exact) mass is 235 g/mol. The summed E-state index contributed by atoms with van der Waals surface area (Å²) in [7, 11) is 3.29. The summed E-state index contributed by atoms with van der Waals surface area (Å²) in [5.41, 5.74) is 2.58. The Bertz CT molecular complexity index is 346. The SMILES string of the molecule is CCc1ccc(CC(CC(=O)OC)NC)cc1. The lowest BCUT2D eigenvalue weighted by atomic mass is 10.0. The molecule has 0 amide bonds. The highest BCUT2D eigenvalue weighted by molar-refractivity contribution is 5.69. The van der Waals surface area contributed by atoms with Crippen LogP contribution in [0.2, 0.25) is 0 Å². The van der Waals surface area contributed by atoms with Crippen molar-refractivity contribution in [2.24, 2.45) is 0 Å². The first-order chi connectivity index (χ1) is 8.19. The summed E-state index contributed by atoms with van der Waals surface area (Å²) in [6, 6.07) is 8.66. The summed E-state index contributed by atoms with van der Waals surface area (Å²) in [4.78, 5) is 11.2. The lowest BCUT2D eigenvalue weighted by molar-refractivity contribution is -0.141. The Labute approximate surface area is 103 Å². The molecule has 0 bridgehead atoms. The zero-order valence-corrected chi connectivity index (χ0v) is 10.8. The molecule has 0 saturated carbocycles. The number of methoxy groups -OCH3 is 1. The van der Waals surface area contributed by atoms with Crippen LogP contribution in [-0.2, 0) is 22.4 Å². The van der Waals surface area contributed by atoms with Crippen LogP contribution < -0.4 is 5.32 Å². The zero-order valence-electron chi connectivity index (χ0n) is 10.8. The lowest BCUT2D eigenvalue weighted by Crippen LogP contribution is -2.30. The number of benzene rings is 1. The standard InChI is InChI=1S/C14H21NO2/c1-4-11-5-7-12(8-6-11)9-13(15-2)10-14(16)17-3/h5-8,13,15H,4,9-10H2,1-3H3. The Morgan fingerprint density at radius 3 is 2.35 bits per heavy atom. The van der Waals surface area contributed by atoms with Crippen molar-refractivity contribution in [1.29, 1.82) is 0 Å². The van der Waals surface area contributed by atoms with Gasteiger partial charge in [0.25, 0.3) is 0 Å². The van der Waals surface area contributed by atoms with Crippen LogP contribution in [-0.4, -0.2) is 26.2 Å². The molecule has 1 rings (SSSR count). The Kier molecular flexibility index (Phi) is 5.70. The van der Waals surface area contributed by atoms with Gasteiger partial charge >= 0.3 is 5.97 Å². The zero-order chi connectivity index (χ0) is 12.7. The molecule has 0 spiro atoms. The van der Waals surface area contributed by atoms with Crippen LogP contribution in [0, 0.1) is 0 Å². The highest BCUT2D eigenvalue weighted by Crippen LogP contribution is 2.09. The number of rotatable bonds is 6. The Morgan fingerprint density at radius 1 is 1.29 bits per heavy atom. The molecule has 1 aromatic carbocycles. The molecule has 0 fully saturated rings. The predicted octanol–water partition coefficient (Wildman–Crippen LogP) is 1.94. The Hall–Kier alpha value is -1.35. The van der Waals surface area contributed by atoms with Crippen molar-refractivity contribution in [3.8, 4) is 0 Å². The Morgan fingerprint density at radius 2 is 1.88 bits per heavy atom. The maximum atomic E-state index is 11.2. The van der Waals surface area contributed by atoms with Gasteiger partial charge in [0, 0.05) is 6.04 Å². The number of aryl methyl sites for hydroxylation is 1. The van der Waals surface area contributed by atoms with Crippen molar-refractivity contribution in [2.75, 3.05) is 14.2 Å². The molecule has 0 aliphatic carbocycles. The minimum absolute atomic E-state index is 0.134. The van der Waals surface area contributed by atoms with Crippen LogP contribution in [0.4, 0.5) is 0 Å². The first-order valence-electron chi connectivity index (χ1n) is 6.01. The number of hydrogen-bond donors (Lipinski definition) is 1. The third kappa shape index (κ3) is 4.57. The highest BCUT2D eigenvalue weighted by Gasteiger charge is 2.12. The van der Waals surface area contributed by atoms with Gasteiger partial charge in [0.05, 0.1) is 13.5 Å². The van der Waals surface area contributed by atoms with Crippen molar-refractivity contribution >= 4 is 5.97 Å². The molecule has 17 heavy (non-hydrogen) atoms. The molecule has 0 aromatic heterocycles. The maximum Gasteiger partial charge on any atom is 0.307 e. The second-order valence-corrected chi connectivity index (χ2v) is 4.14. The van der Waals surface area contributed by atoms with Gasteiger partial charge in [-0.15, -0.1) is 0 Å². The number of ether oxygens (including phenoxy) is 1. The van der Waals surface area contributed by atoms with Gasteiger partial charge in [0.2, 0.25) is 0 Å². The summed E-state index contributed by atoms with van der Waals surface area (Å²) in [5, 5.41) is 3.14. The van der Waals surface area contributed by atoms with Gasteiger partial charge in [-0.1, -0.05) is 31.2 Å². The number of likely N-dealkylation sites (N-methyl/N-ethyl adjacent to an activating group) is 1. The molecular formula is C14H21NO2. The predicted molar refractivity (Wildman–Crippen MR) is 69.0 cm³/mol. The van der Waals surface area contributed by atoms with Crippen LogP contribution in [0.5, 0.6) is 0 Å². The molecule has 0 radical (unpaired) electrons. The Balaban J connectivity index is 2.57. The third-order valence-electron chi connectivity index (χ3n) is 2.96. The number of carbonyl (C=O) groups is 1. The lowest BCUT2D eigenvalue weighted by Gasteiger charge is -2.15. The van der Waals surface area contributed by atoms with Gasteiger partial charge in [0.15, 0.2) is 0 Å². The molecule has 94 valence electrons. The fourth-order valence-corrected chi connectivity index (χ4v) is 1.76. The molecule has 3 heteroatoms. The fraction of sp³-hybridized carbons (Fsp3) is 0.500. The molecule has 3 nitrogen and oxygen atoms in total. The second-order valence-electron chi connectivity index (χ2n) is 4.14. The van der Waals surface area contributed by atoms with Crippen LogP contribution in [0.15, 0.2) is 24.3 Å². The second kappa shape index (κ2) is 7.07. The smallest absolute Gasteiger partial charge is 0.307 e. The average molecular weight is 235 g/mol. The van der Waals surface area contributed by atoms with Crippen molar-refractivity contribution in [3.63, 3.8) is 0 Å². The van der Waals surface area contributed by atoms with Gasteiger partial charge in [-0.2, -0.15) is 0 Å². The minimum Gasteiger partial charge on any atom is -0.469 e. The fourth-order valence-electron chi connectivity index (χ4n) is 1.76. The number of esters is 1. The molecular weight excluding hydrogens is 214 g/mol. The first-order valence-corrected chi connectivity index (χ1v) is 6.01. The number of nitrogens with one attached hydrogen (secondary N) is 1. The molecule has 1 atom stereocenters. The molecule has 0 aliphatic rings. The maximum absolute atomic E-state index is 11.2. The van der Waals surface area contributed by atoms with E-state index >= 15 is 0 Å². The van der Waals surface area contributed by atoms with Crippen molar-refractivity contribution in [1.82, 2.24) is 5.32 Å².